The second kappa shape index (κ2) is 6.19. The quantitative estimate of drug-likeness (QED) is 0.847. The molecule has 1 aromatic carbocycles. The summed E-state index contributed by atoms with van der Waals surface area (Å²) < 4.78 is 14.7. The molecule has 7 heteroatoms. The zero-order chi connectivity index (χ0) is 14.7. The number of rotatable bonds is 4. The maximum Gasteiger partial charge on any atom is 0.283 e. The Labute approximate surface area is 128 Å². The number of nitrogens with one attached hydrogen (secondary N) is 1. The number of benzene rings is 1. The predicted molar refractivity (Wildman–Crippen MR) is 81.1 cm³/mol. The Hall–Kier alpha value is -1.66. The van der Waals surface area contributed by atoms with Crippen LogP contribution in [-0.2, 0) is 6.54 Å². The van der Waals surface area contributed by atoms with Crippen LogP contribution in [0.5, 0.6) is 0 Å². The van der Waals surface area contributed by atoms with Crippen LogP contribution < -0.4 is 10.9 Å². The molecular weight excluding hydrogens is 349 g/mol. The van der Waals surface area contributed by atoms with E-state index in [0.29, 0.717) is 22.4 Å². The van der Waals surface area contributed by atoms with E-state index in [1.54, 1.807) is 6.08 Å². The first-order valence-electron chi connectivity index (χ1n) is 5.61. The van der Waals surface area contributed by atoms with Crippen LogP contribution in [0.1, 0.15) is 0 Å². The van der Waals surface area contributed by atoms with E-state index in [1.807, 2.05) is 0 Å². The molecule has 0 unspecified atom stereocenters. The van der Waals surface area contributed by atoms with Gasteiger partial charge in [0.15, 0.2) is 0 Å². The van der Waals surface area contributed by atoms with Crippen LogP contribution in [0.4, 0.5) is 15.8 Å². The zero-order valence-corrected chi connectivity index (χ0v) is 12.6. The number of aromatic nitrogens is 2. The first-order valence-corrected chi connectivity index (χ1v) is 6.78. The Morgan fingerprint density at radius 1 is 1.55 bits per heavy atom. The summed E-state index contributed by atoms with van der Waals surface area (Å²) >= 11 is 8.91. The van der Waals surface area contributed by atoms with Gasteiger partial charge in [0, 0.05) is 5.69 Å². The summed E-state index contributed by atoms with van der Waals surface area (Å²) in [6.07, 6.45) is 3.07. The van der Waals surface area contributed by atoms with Crippen molar-refractivity contribution in [2.75, 3.05) is 5.32 Å². The molecule has 2 aromatic rings. The second-order valence-electron chi connectivity index (χ2n) is 3.90. The maximum absolute atomic E-state index is 13.1. The van der Waals surface area contributed by atoms with E-state index in [9.17, 15) is 9.18 Å². The molecule has 104 valence electrons. The SMILES string of the molecule is C=CCn1ncc(Nc2ccc(F)c(Cl)c2)c(Br)c1=O. The highest BCUT2D eigenvalue weighted by molar-refractivity contribution is 9.10. The number of hydrogen-bond donors (Lipinski definition) is 1. The predicted octanol–water partition coefficient (Wildman–Crippen LogP) is 3.73. The average Bonchev–Trinajstić information content (AvgIpc) is 2.42. The van der Waals surface area contributed by atoms with Gasteiger partial charge in [0.2, 0.25) is 0 Å². The van der Waals surface area contributed by atoms with Crippen molar-refractivity contribution in [3.05, 3.63) is 62.7 Å². The second-order valence-corrected chi connectivity index (χ2v) is 5.10. The van der Waals surface area contributed by atoms with Gasteiger partial charge in [-0.3, -0.25) is 4.79 Å². The van der Waals surface area contributed by atoms with Gasteiger partial charge in [-0.1, -0.05) is 17.7 Å². The van der Waals surface area contributed by atoms with E-state index in [2.05, 4.69) is 32.9 Å². The molecule has 0 aliphatic heterocycles. The van der Waals surface area contributed by atoms with Gasteiger partial charge >= 0.3 is 0 Å². The molecule has 1 aromatic heterocycles. The smallest absolute Gasteiger partial charge is 0.283 e. The van der Waals surface area contributed by atoms with Crippen molar-refractivity contribution in [3.63, 3.8) is 0 Å². The molecule has 4 nitrogen and oxygen atoms in total. The van der Waals surface area contributed by atoms with E-state index < -0.39 is 5.82 Å². The normalized spacial score (nSPS) is 10.3. The van der Waals surface area contributed by atoms with Crippen molar-refractivity contribution < 1.29 is 4.39 Å². The van der Waals surface area contributed by atoms with E-state index in [-0.39, 0.29) is 10.6 Å². The summed E-state index contributed by atoms with van der Waals surface area (Å²) in [6, 6.07) is 4.19. The van der Waals surface area contributed by atoms with Crippen molar-refractivity contribution in [1.29, 1.82) is 0 Å². The van der Waals surface area contributed by atoms with Gasteiger partial charge in [-0.2, -0.15) is 5.10 Å². The lowest BCUT2D eigenvalue weighted by Crippen LogP contribution is -2.23. The number of hydrogen-bond acceptors (Lipinski definition) is 3. The molecule has 0 saturated carbocycles. The molecule has 0 amide bonds. The standard InChI is InChI=1S/C13H10BrClFN3O/c1-2-5-19-13(20)12(14)11(7-17-19)18-8-3-4-10(16)9(15)6-8/h2-4,6-7,18H,1,5H2. The fourth-order valence-corrected chi connectivity index (χ4v) is 2.12. The van der Waals surface area contributed by atoms with E-state index in [4.69, 9.17) is 11.6 Å². The Balaban J connectivity index is 2.34. The van der Waals surface area contributed by atoms with Crippen LogP contribution in [0.2, 0.25) is 5.02 Å². The van der Waals surface area contributed by atoms with Crippen LogP contribution in [0, 0.1) is 5.82 Å². The zero-order valence-electron chi connectivity index (χ0n) is 10.2. The van der Waals surface area contributed by atoms with Gasteiger partial charge in [-0.25, -0.2) is 9.07 Å². The molecule has 0 bridgehead atoms. The summed E-state index contributed by atoms with van der Waals surface area (Å²) in [6.45, 7) is 3.87. The molecule has 2 rings (SSSR count). The number of allylic oxidation sites excluding steroid dienone is 1. The van der Waals surface area contributed by atoms with E-state index >= 15 is 0 Å². The highest BCUT2D eigenvalue weighted by Gasteiger charge is 2.09. The lowest BCUT2D eigenvalue weighted by atomic mass is 10.3. The Kier molecular flexibility index (Phi) is 4.57. The molecule has 0 aliphatic rings. The fraction of sp³-hybridized carbons (Fsp3) is 0.0769. The van der Waals surface area contributed by atoms with Crippen molar-refractivity contribution in [1.82, 2.24) is 9.78 Å². The van der Waals surface area contributed by atoms with Gasteiger partial charge in [-0.15, -0.1) is 6.58 Å². The van der Waals surface area contributed by atoms with Crippen molar-refractivity contribution in [2.24, 2.45) is 0 Å². The van der Waals surface area contributed by atoms with Crippen LogP contribution in [-0.4, -0.2) is 9.78 Å². The number of anilines is 2. The van der Waals surface area contributed by atoms with Crippen LogP contribution in [0.3, 0.4) is 0 Å². The average molecular weight is 359 g/mol. The summed E-state index contributed by atoms with van der Waals surface area (Å²) in [5, 5.41) is 6.95. The Morgan fingerprint density at radius 3 is 2.95 bits per heavy atom. The largest absolute Gasteiger partial charge is 0.353 e. The summed E-state index contributed by atoms with van der Waals surface area (Å²) in [5.41, 5.74) is 0.737. The number of halogens is 3. The van der Waals surface area contributed by atoms with Gasteiger partial charge in [0.25, 0.3) is 5.56 Å². The highest BCUT2D eigenvalue weighted by Crippen LogP contribution is 2.25. The maximum atomic E-state index is 13.1. The molecule has 1 N–H and O–H groups in total. The molecular formula is C13H10BrClFN3O. The van der Waals surface area contributed by atoms with Gasteiger partial charge in [-0.05, 0) is 34.1 Å². The third-order valence-corrected chi connectivity index (χ3v) is 3.54. The minimum Gasteiger partial charge on any atom is -0.353 e. The third-order valence-electron chi connectivity index (χ3n) is 2.49. The van der Waals surface area contributed by atoms with Crippen LogP contribution in [0.15, 0.2) is 46.3 Å². The molecule has 20 heavy (non-hydrogen) atoms. The first-order chi connectivity index (χ1) is 9.52. The Morgan fingerprint density at radius 2 is 2.30 bits per heavy atom. The third kappa shape index (κ3) is 3.08. The molecule has 0 atom stereocenters. The summed E-state index contributed by atoms with van der Waals surface area (Å²) in [7, 11) is 0. The van der Waals surface area contributed by atoms with Gasteiger partial charge < -0.3 is 5.32 Å². The number of nitrogens with zero attached hydrogens (tertiary/aromatic N) is 2. The van der Waals surface area contributed by atoms with Crippen LogP contribution >= 0.6 is 27.5 Å². The topological polar surface area (TPSA) is 46.9 Å². The van der Waals surface area contributed by atoms with Gasteiger partial charge in [0.05, 0.1) is 23.5 Å². The van der Waals surface area contributed by atoms with Gasteiger partial charge in [0.1, 0.15) is 10.3 Å². The molecule has 0 radical (unpaired) electrons. The van der Waals surface area contributed by atoms with E-state index in [0.717, 1.165) is 0 Å². The fourth-order valence-electron chi connectivity index (χ4n) is 1.53. The summed E-state index contributed by atoms with van der Waals surface area (Å²) in [5.74, 6) is -0.504. The monoisotopic (exact) mass is 357 g/mol. The molecule has 0 aliphatic carbocycles. The van der Waals surface area contributed by atoms with E-state index in [1.165, 1.54) is 29.1 Å². The highest BCUT2D eigenvalue weighted by atomic mass is 79.9. The van der Waals surface area contributed by atoms with Crippen molar-refractivity contribution in [3.8, 4) is 0 Å². The molecule has 0 saturated heterocycles. The minimum atomic E-state index is -0.504. The molecule has 0 spiro atoms. The Bertz CT molecular complexity index is 717. The lowest BCUT2D eigenvalue weighted by Gasteiger charge is -2.10. The summed E-state index contributed by atoms with van der Waals surface area (Å²) in [4.78, 5) is 12.0. The van der Waals surface area contributed by atoms with Crippen molar-refractivity contribution >= 4 is 38.9 Å². The van der Waals surface area contributed by atoms with Crippen molar-refractivity contribution in [2.45, 2.75) is 6.54 Å². The first kappa shape index (κ1) is 14.7. The molecule has 0 fully saturated rings. The minimum absolute atomic E-state index is 0.000851. The van der Waals surface area contributed by atoms with Crippen LogP contribution in [0.25, 0.3) is 0 Å². The lowest BCUT2D eigenvalue weighted by molar-refractivity contribution is 0.628. The molecule has 1 heterocycles.